The van der Waals surface area contributed by atoms with Crippen molar-refractivity contribution in [3.63, 3.8) is 0 Å². The summed E-state index contributed by atoms with van der Waals surface area (Å²) in [5.74, 6) is 0.599. The van der Waals surface area contributed by atoms with Gasteiger partial charge in [-0.05, 0) is 61.1 Å². The Kier molecular flexibility index (Phi) is 5.21. The number of hydrogen-bond donors (Lipinski definition) is 2. The highest BCUT2D eigenvalue weighted by Gasteiger charge is 2.18. The van der Waals surface area contributed by atoms with E-state index in [1.165, 1.54) is 29.7 Å². The second kappa shape index (κ2) is 7.92. The van der Waals surface area contributed by atoms with Crippen LogP contribution in [-0.2, 0) is 6.42 Å². The Morgan fingerprint density at radius 1 is 1.15 bits per heavy atom. The Hall–Kier alpha value is -2.33. The van der Waals surface area contributed by atoms with Crippen molar-refractivity contribution >= 4 is 11.6 Å². The predicted molar refractivity (Wildman–Crippen MR) is 106 cm³/mol. The van der Waals surface area contributed by atoms with E-state index in [0.29, 0.717) is 12.5 Å². The van der Waals surface area contributed by atoms with Crippen LogP contribution in [0.5, 0.6) is 0 Å². The maximum Gasteiger partial charge on any atom is 0.251 e. The number of hydrogen-bond acceptors (Lipinski definition) is 3. The lowest BCUT2D eigenvalue weighted by atomic mass is 9.91. The maximum atomic E-state index is 12.4. The number of nitrogens with zero attached hydrogens (tertiary/aromatic N) is 1. The number of carbonyl (C=O) groups excluding carboxylic acids is 1. The molecule has 4 nitrogen and oxygen atoms in total. The van der Waals surface area contributed by atoms with E-state index in [1.54, 1.807) is 0 Å². The zero-order valence-corrected chi connectivity index (χ0v) is 15.2. The lowest BCUT2D eigenvalue weighted by Crippen LogP contribution is -2.34. The van der Waals surface area contributed by atoms with E-state index in [9.17, 15) is 4.79 Å². The topological polar surface area (TPSA) is 44.4 Å². The zero-order valence-electron chi connectivity index (χ0n) is 15.2. The Bertz CT molecular complexity index is 750. The van der Waals surface area contributed by atoms with Gasteiger partial charge in [-0.1, -0.05) is 30.3 Å². The highest BCUT2D eigenvalue weighted by atomic mass is 16.1. The van der Waals surface area contributed by atoms with Gasteiger partial charge < -0.3 is 15.5 Å². The molecule has 0 aromatic heterocycles. The third-order valence-electron chi connectivity index (χ3n) is 5.59. The molecule has 1 fully saturated rings. The van der Waals surface area contributed by atoms with Gasteiger partial charge in [0.05, 0.1) is 0 Å². The van der Waals surface area contributed by atoms with E-state index < -0.39 is 0 Å². The number of para-hydroxylation sites is 1. The van der Waals surface area contributed by atoms with Crippen LogP contribution in [0.15, 0.2) is 48.5 Å². The molecule has 0 spiro atoms. The summed E-state index contributed by atoms with van der Waals surface area (Å²) in [5.41, 5.74) is 4.81. The molecule has 2 aromatic carbocycles. The van der Waals surface area contributed by atoms with Crippen LogP contribution in [0.2, 0.25) is 0 Å². The standard InChI is InChI=1S/C22H27N3O/c26-22(19-9-7-17(8-10-19)20-5-3-12-23-16-20)24-13-15-25-14-11-18-4-1-2-6-21(18)25/h1-2,4,6-10,20,23H,3,5,11-16H2,(H,24,26). The maximum absolute atomic E-state index is 12.4. The average Bonchev–Trinajstić information content (AvgIpc) is 3.12. The van der Waals surface area contributed by atoms with Crippen LogP contribution in [0.1, 0.15) is 40.2 Å². The molecule has 1 amide bonds. The number of rotatable bonds is 5. The molecule has 26 heavy (non-hydrogen) atoms. The number of nitrogens with one attached hydrogen (secondary N) is 2. The minimum absolute atomic E-state index is 0.0193. The molecule has 1 atom stereocenters. The first-order chi connectivity index (χ1) is 12.8. The summed E-state index contributed by atoms with van der Waals surface area (Å²) in [7, 11) is 0. The second-order valence-corrected chi connectivity index (χ2v) is 7.29. The third kappa shape index (κ3) is 3.75. The molecule has 0 saturated carbocycles. The van der Waals surface area contributed by atoms with Crippen LogP contribution < -0.4 is 15.5 Å². The van der Waals surface area contributed by atoms with Crippen molar-refractivity contribution in [2.75, 3.05) is 37.6 Å². The summed E-state index contributed by atoms with van der Waals surface area (Å²) >= 11 is 0. The molecule has 1 unspecified atom stereocenters. The first-order valence-corrected chi connectivity index (χ1v) is 9.73. The number of carbonyl (C=O) groups is 1. The zero-order chi connectivity index (χ0) is 17.8. The van der Waals surface area contributed by atoms with E-state index in [0.717, 1.165) is 38.2 Å². The molecule has 2 aromatic rings. The van der Waals surface area contributed by atoms with Gasteiger partial charge in [-0.15, -0.1) is 0 Å². The number of anilines is 1. The summed E-state index contributed by atoms with van der Waals surface area (Å²) in [4.78, 5) is 14.8. The third-order valence-corrected chi connectivity index (χ3v) is 5.59. The highest BCUT2D eigenvalue weighted by molar-refractivity contribution is 5.94. The minimum atomic E-state index is 0.0193. The fourth-order valence-electron chi connectivity index (χ4n) is 4.09. The SMILES string of the molecule is O=C(NCCN1CCc2ccccc21)c1ccc(C2CCCNC2)cc1. The van der Waals surface area contributed by atoms with Crippen molar-refractivity contribution in [2.45, 2.75) is 25.2 Å². The molecule has 0 radical (unpaired) electrons. The number of amides is 1. The second-order valence-electron chi connectivity index (χ2n) is 7.29. The van der Waals surface area contributed by atoms with Crippen molar-refractivity contribution in [1.29, 1.82) is 0 Å². The van der Waals surface area contributed by atoms with Crippen LogP contribution in [0.4, 0.5) is 5.69 Å². The van der Waals surface area contributed by atoms with E-state index in [-0.39, 0.29) is 5.91 Å². The number of piperidine rings is 1. The Balaban J connectivity index is 1.28. The van der Waals surface area contributed by atoms with E-state index in [4.69, 9.17) is 0 Å². The van der Waals surface area contributed by atoms with Gasteiger partial charge in [0.25, 0.3) is 5.91 Å². The van der Waals surface area contributed by atoms with Crippen LogP contribution in [0.25, 0.3) is 0 Å². The largest absolute Gasteiger partial charge is 0.369 e. The molecule has 2 N–H and O–H groups in total. The summed E-state index contributed by atoms with van der Waals surface area (Å²) in [6.07, 6.45) is 3.56. The van der Waals surface area contributed by atoms with Gasteiger partial charge in [0.15, 0.2) is 0 Å². The molecule has 0 aliphatic carbocycles. The van der Waals surface area contributed by atoms with Crippen LogP contribution >= 0.6 is 0 Å². The summed E-state index contributed by atoms with van der Waals surface area (Å²) in [6.45, 7) is 4.73. The molecule has 0 bridgehead atoms. The van der Waals surface area contributed by atoms with Crippen molar-refractivity contribution in [3.8, 4) is 0 Å². The monoisotopic (exact) mass is 349 g/mol. The fourth-order valence-corrected chi connectivity index (χ4v) is 4.09. The van der Waals surface area contributed by atoms with Gasteiger partial charge in [0, 0.05) is 37.4 Å². The summed E-state index contributed by atoms with van der Waals surface area (Å²) < 4.78 is 0. The van der Waals surface area contributed by atoms with Gasteiger partial charge in [-0.3, -0.25) is 4.79 Å². The molecule has 2 aliphatic rings. The van der Waals surface area contributed by atoms with Gasteiger partial charge in [0.1, 0.15) is 0 Å². The smallest absolute Gasteiger partial charge is 0.251 e. The van der Waals surface area contributed by atoms with Crippen molar-refractivity contribution in [3.05, 3.63) is 65.2 Å². The van der Waals surface area contributed by atoms with Gasteiger partial charge in [0.2, 0.25) is 0 Å². The average molecular weight is 349 g/mol. The number of fused-ring (bicyclic) bond motifs is 1. The van der Waals surface area contributed by atoms with E-state index >= 15 is 0 Å². The molecule has 2 aliphatic heterocycles. The van der Waals surface area contributed by atoms with Crippen molar-refractivity contribution in [1.82, 2.24) is 10.6 Å². The first kappa shape index (κ1) is 17.1. The predicted octanol–water partition coefficient (Wildman–Crippen LogP) is 2.95. The summed E-state index contributed by atoms with van der Waals surface area (Å²) in [6, 6.07) is 16.7. The molecular formula is C22H27N3O. The summed E-state index contributed by atoms with van der Waals surface area (Å²) in [5, 5.41) is 6.51. The molecule has 1 saturated heterocycles. The quantitative estimate of drug-likeness (QED) is 0.872. The lowest BCUT2D eigenvalue weighted by Gasteiger charge is -2.23. The molecule has 4 heteroatoms. The molecule has 4 rings (SSSR count). The Labute approximate surface area is 155 Å². The van der Waals surface area contributed by atoms with Crippen LogP contribution in [0.3, 0.4) is 0 Å². The lowest BCUT2D eigenvalue weighted by molar-refractivity contribution is 0.0954. The Morgan fingerprint density at radius 3 is 2.81 bits per heavy atom. The minimum Gasteiger partial charge on any atom is -0.369 e. The van der Waals surface area contributed by atoms with Gasteiger partial charge >= 0.3 is 0 Å². The fraction of sp³-hybridized carbons (Fsp3) is 0.409. The Morgan fingerprint density at radius 2 is 2.00 bits per heavy atom. The highest BCUT2D eigenvalue weighted by Crippen LogP contribution is 2.26. The van der Waals surface area contributed by atoms with Crippen LogP contribution in [0, 0.1) is 0 Å². The number of benzene rings is 2. The van der Waals surface area contributed by atoms with Gasteiger partial charge in [-0.25, -0.2) is 0 Å². The van der Waals surface area contributed by atoms with E-state index in [2.05, 4.69) is 51.9 Å². The molecule has 2 heterocycles. The van der Waals surface area contributed by atoms with E-state index in [1.807, 2.05) is 12.1 Å². The first-order valence-electron chi connectivity index (χ1n) is 9.73. The molecule has 136 valence electrons. The van der Waals surface area contributed by atoms with Crippen molar-refractivity contribution < 1.29 is 4.79 Å². The van der Waals surface area contributed by atoms with Crippen molar-refractivity contribution in [2.24, 2.45) is 0 Å². The van der Waals surface area contributed by atoms with Crippen LogP contribution in [-0.4, -0.2) is 38.6 Å². The van der Waals surface area contributed by atoms with Gasteiger partial charge in [-0.2, -0.15) is 0 Å². The normalized spacial score (nSPS) is 19.2. The molecular weight excluding hydrogens is 322 g/mol.